The number of carbonyl (C=O) groups is 1. The van der Waals surface area contributed by atoms with Gasteiger partial charge in [-0.25, -0.2) is 5.48 Å². The Bertz CT molecular complexity index is 577. The number of hydrogen-bond donors (Lipinski definition) is 2. The van der Waals surface area contributed by atoms with Crippen LogP contribution in [-0.4, -0.2) is 12.5 Å². The zero-order valence-corrected chi connectivity index (χ0v) is 12.3. The average Bonchev–Trinajstić information content (AvgIpc) is 2.48. The molecule has 2 N–H and O–H groups in total. The molecule has 4 heteroatoms. The molecule has 0 heterocycles. The maximum atomic E-state index is 11.7. The van der Waals surface area contributed by atoms with Gasteiger partial charge in [0.2, 0.25) is 0 Å². The van der Waals surface area contributed by atoms with E-state index in [4.69, 9.17) is 4.84 Å². The lowest BCUT2D eigenvalue weighted by Crippen LogP contribution is -2.30. The number of nitrogens with one attached hydrogen (secondary N) is 2. The molecule has 0 aliphatic carbocycles. The Labute approximate surface area is 125 Å². The number of carbonyl (C=O) groups excluding carboxylic acids is 1. The maximum absolute atomic E-state index is 11.7. The smallest absolute Gasteiger partial charge is 0.262 e. The Morgan fingerprint density at radius 1 is 1.00 bits per heavy atom. The highest BCUT2D eigenvalue weighted by Gasteiger charge is 2.05. The van der Waals surface area contributed by atoms with E-state index in [1.807, 2.05) is 62.4 Å². The molecule has 1 amide bonds. The van der Waals surface area contributed by atoms with Crippen LogP contribution in [0.15, 0.2) is 48.5 Å². The lowest BCUT2D eigenvalue weighted by atomic mass is 10.1. The van der Waals surface area contributed by atoms with Gasteiger partial charge in [-0.3, -0.25) is 9.63 Å². The molecular formula is C17H20N2O2. The summed E-state index contributed by atoms with van der Waals surface area (Å²) in [6.07, 6.45) is 0. The Morgan fingerprint density at radius 2 is 1.67 bits per heavy atom. The van der Waals surface area contributed by atoms with Gasteiger partial charge in [-0.15, -0.1) is 0 Å². The van der Waals surface area contributed by atoms with Crippen LogP contribution >= 0.6 is 0 Å². The van der Waals surface area contributed by atoms with E-state index in [1.54, 1.807) is 0 Å². The van der Waals surface area contributed by atoms with E-state index in [0.29, 0.717) is 6.61 Å². The number of aryl methyl sites for hydroxylation is 2. The highest BCUT2D eigenvalue weighted by molar-refractivity contribution is 5.80. The minimum absolute atomic E-state index is 0.181. The fraction of sp³-hybridized carbons (Fsp3) is 0.235. The molecule has 2 aromatic rings. The van der Waals surface area contributed by atoms with Crippen LogP contribution in [0.1, 0.15) is 16.7 Å². The van der Waals surface area contributed by atoms with Gasteiger partial charge in [0.15, 0.2) is 0 Å². The van der Waals surface area contributed by atoms with Crippen LogP contribution in [0.3, 0.4) is 0 Å². The first kappa shape index (κ1) is 15.1. The van der Waals surface area contributed by atoms with Crippen molar-refractivity contribution in [2.24, 2.45) is 0 Å². The molecule has 0 aliphatic rings. The molecule has 0 radical (unpaired) electrons. The molecule has 4 nitrogen and oxygen atoms in total. The predicted octanol–water partition coefficient (Wildman–Crippen LogP) is 2.96. The van der Waals surface area contributed by atoms with Gasteiger partial charge in [-0.05, 0) is 30.5 Å². The number of amides is 1. The Balaban J connectivity index is 1.75. The Kier molecular flexibility index (Phi) is 5.35. The van der Waals surface area contributed by atoms with Gasteiger partial charge in [0.1, 0.15) is 0 Å². The fourth-order valence-electron chi connectivity index (χ4n) is 2.07. The van der Waals surface area contributed by atoms with E-state index < -0.39 is 0 Å². The molecule has 0 atom stereocenters. The number of benzene rings is 2. The normalized spacial score (nSPS) is 10.2. The first-order chi connectivity index (χ1) is 10.2. The second-order valence-electron chi connectivity index (χ2n) is 4.92. The van der Waals surface area contributed by atoms with E-state index in [-0.39, 0.29) is 12.5 Å². The van der Waals surface area contributed by atoms with E-state index in [9.17, 15) is 4.79 Å². The van der Waals surface area contributed by atoms with Crippen LogP contribution in [0.5, 0.6) is 0 Å². The third-order valence-electron chi connectivity index (χ3n) is 3.17. The number of hydroxylamine groups is 1. The van der Waals surface area contributed by atoms with Gasteiger partial charge in [0.25, 0.3) is 5.91 Å². The van der Waals surface area contributed by atoms with Gasteiger partial charge in [0, 0.05) is 5.69 Å². The van der Waals surface area contributed by atoms with Gasteiger partial charge >= 0.3 is 0 Å². The lowest BCUT2D eigenvalue weighted by molar-refractivity contribution is -0.132. The summed E-state index contributed by atoms with van der Waals surface area (Å²) in [6, 6.07) is 15.7. The quantitative estimate of drug-likeness (QED) is 0.802. The minimum atomic E-state index is -0.200. The third kappa shape index (κ3) is 4.61. The average molecular weight is 284 g/mol. The van der Waals surface area contributed by atoms with Crippen molar-refractivity contribution in [2.45, 2.75) is 20.5 Å². The van der Waals surface area contributed by atoms with Crippen LogP contribution in [0.25, 0.3) is 0 Å². The summed E-state index contributed by atoms with van der Waals surface area (Å²) in [4.78, 5) is 16.9. The predicted molar refractivity (Wildman–Crippen MR) is 83.8 cm³/mol. The van der Waals surface area contributed by atoms with E-state index in [2.05, 4.69) is 10.8 Å². The summed E-state index contributed by atoms with van der Waals surface area (Å²) in [5.74, 6) is -0.200. The zero-order chi connectivity index (χ0) is 15.1. The number of anilines is 1. The highest BCUT2D eigenvalue weighted by Crippen LogP contribution is 2.18. The van der Waals surface area contributed by atoms with E-state index in [1.165, 1.54) is 0 Å². The summed E-state index contributed by atoms with van der Waals surface area (Å²) in [6.45, 7) is 4.56. The van der Waals surface area contributed by atoms with Crippen LogP contribution in [0.2, 0.25) is 0 Å². The fourth-order valence-corrected chi connectivity index (χ4v) is 2.07. The zero-order valence-electron chi connectivity index (χ0n) is 12.3. The van der Waals surface area contributed by atoms with Crippen molar-refractivity contribution in [1.82, 2.24) is 5.48 Å². The molecule has 2 aromatic carbocycles. The lowest BCUT2D eigenvalue weighted by Gasteiger charge is -2.12. The molecule has 21 heavy (non-hydrogen) atoms. The van der Waals surface area contributed by atoms with Crippen molar-refractivity contribution in [3.8, 4) is 0 Å². The molecule has 0 bridgehead atoms. The van der Waals surface area contributed by atoms with Gasteiger partial charge in [0.05, 0.1) is 13.2 Å². The SMILES string of the molecule is Cc1cccc(C)c1NCC(=O)NOCc1ccccc1. The molecular weight excluding hydrogens is 264 g/mol. The van der Waals surface area contributed by atoms with Crippen molar-refractivity contribution < 1.29 is 9.63 Å². The van der Waals surface area contributed by atoms with Crippen LogP contribution in [0, 0.1) is 13.8 Å². The molecule has 0 spiro atoms. The molecule has 0 fully saturated rings. The van der Waals surface area contributed by atoms with Gasteiger partial charge in [-0.2, -0.15) is 0 Å². The monoisotopic (exact) mass is 284 g/mol. The summed E-state index contributed by atoms with van der Waals surface area (Å²) in [7, 11) is 0. The van der Waals surface area contributed by atoms with Crippen molar-refractivity contribution in [1.29, 1.82) is 0 Å². The third-order valence-corrected chi connectivity index (χ3v) is 3.17. The molecule has 0 unspecified atom stereocenters. The summed E-state index contributed by atoms with van der Waals surface area (Å²) in [5, 5.41) is 3.14. The van der Waals surface area contributed by atoms with E-state index in [0.717, 1.165) is 22.4 Å². The van der Waals surface area contributed by atoms with Crippen molar-refractivity contribution in [3.05, 3.63) is 65.2 Å². The van der Waals surface area contributed by atoms with Crippen molar-refractivity contribution in [3.63, 3.8) is 0 Å². The number of hydrogen-bond acceptors (Lipinski definition) is 3. The first-order valence-corrected chi connectivity index (χ1v) is 6.91. The molecule has 0 saturated heterocycles. The first-order valence-electron chi connectivity index (χ1n) is 6.91. The summed E-state index contributed by atoms with van der Waals surface area (Å²) < 4.78 is 0. The van der Waals surface area contributed by atoms with Crippen molar-refractivity contribution in [2.75, 3.05) is 11.9 Å². The van der Waals surface area contributed by atoms with Crippen LogP contribution in [0.4, 0.5) is 5.69 Å². The summed E-state index contributed by atoms with van der Waals surface area (Å²) in [5.41, 5.74) is 6.69. The second kappa shape index (κ2) is 7.45. The number of rotatable bonds is 6. The van der Waals surface area contributed by atoms with Crippen molar-refractivity contribution >= 4 is 11.6 Å². The second-order valence-corrected chi connectivity index (χ2v) is 4.92. The van der Waals surface area contributed by atoms with Gasteiger partial charge in [-0.1, -0.05) is 48.5 Å². The molecule has 0 saturated carbocycles. The van der Waals surface area contributed by atoms with Crippen LogP contribution < -0.4 is 10.8 Å². The van der Waals surface area contributed by atoms with Crippen LogP contribution in [-0.2, 0) is 16.2 Å². The van der Waals surface area contributed by atoms with E-state index >= 15 is 0 Å². The Morgan fingerprint density at radius 3 is 2.33 bits per heavy atom. The number of para-hydroxylation sites is 1. The topological polar surface area (TPSA) is 50.4 Å². The minimum Gasteiger partial charge on any atom is -0.376 e. The molecule has 0 aliphatic heterocycles. The Hall–Kier alpha value is -2.33. The molecule has 110 valence electrons. The summed E-state index contributed by atoms with van der Waals surface area (Å²) >= 11 is 0. The standard InChI is InChI=1S/C17H20N2O2/c1-13-7-6-8-14(2)17(13)18-11-16(20)19-21-12-15-9-4-3-5-10-15/h3-10,18H,11-12H2,1-2H3,(H,19,20). The largest absolute Gasteiger partial charge is 0.376 e. The van der Waals surface area contributed by atoms with Gasteiger partial charge < -0.3 is 5.32 Å². The highest BCUT2D eigenvalue weighted by atomic mass is 16.6. The molecule has 2 rings (SSSR count). The maximum Gasteiger partial charge on any atom is 0.262 e. The molecule has 0 aromatic heterocycles.